The summed E-state index contributed by atoms with van der Waals surface area (Å²) in [7, 11) is 2.40. The molecule has 0 bridgehead atoms. The number of ether oxygens (including phenoxy) is 4. The molecule has 26 heavy (non-hydrogen) atoms. The molecular weight excluding hydrogens is 344 g/mol. The summed E-state index contributed by atoms with van der Waals surface area (Å²) in [5.41, 5.74) is 1.43. The monoisotopic (exact) mass is 362 g/mol. The topological polar surface area (TPSA) is 105 Å². The summed E-state index contributed by atoms with van der Waals surface area (Å²) in [6, 6.07) is 6.80. The van der Waals surface area contributed by atoms with Crippen molar-refractivity contribution < 1.29 is 38.1 Å². The molecule has 0 atom stereocenters. The van der Waals surface area contributed by atoms with Crippen LogP contribution in [0.15, 0.2) is 48.6 Å². The molecule has 0 saturated heterocycles. The third-order valence-corrected chi connectivity index (χ3v) is 2.90. The molecule has 138 valence electrons. The minimum atomic E-state index is -0.675. The van der Waals surface area contributed by atoms with Crippen molar-refractivity contribution in [1.82, 2.24) is 0 Å². The van der Waals surface area contributed by atoms with Crippen molar-refractivity contribution in [2.24, 2.45) is 0 Å². The number of carbonyl (C=O) groups is 4. The number of carbonyl (C=O) groups excluding carboxylic acids is 4. The van der Waals surface area contributed by atoms with Gasteiger partial charge < -0.3 is 18.9 Å². The Bertz CT molecular complexity index is 639. The Hall–Kier alpha value is -3.42. The summed E-state index contributed by atoms with van der Waals surface area (Å²) in [4.78, 5) is 44.5. The molecule has 0 aliphatic heterocycles. The largest absolute Gasteiger partial charge is 0.466 e. The van der Waals surface area contributed by atoms with E-state index in [1.807, 2.05) is 0 Å². The lowest BCUT2D eigenvalue weighted by Gasteiger charge is -2.05. The highest BCUT2D eigenvalue weighted by Gasteiger charge is 2.03. The van der Waals surface area contributed by atoms with Gasteiger partial charge in [0, 0.05) is 24.3 Å². The minimum Gasteiger partial charge on any atom is -0.466 e. The molecule has 0 amide bonds. The SMILES string of the molecule is COC(=O)/C=C/C(=O)OCc1ccc(COC(=O)/C=C/C(=O)OC)cc1. The van der Waals surface area contributed by atoms with Crippen LogP contribution in [-0.4, -0.2) is 38.1 Å². The van der Waals surface area contributed by atoms with Crippen LogP contribution in [0.2, 0.25) is 0 Å². The highest BCUT2D eigenvalue weighted by Crippen LogP contribution is 2.07. The van der Waals surface area contributed by atoms with E-state index < -0.39 is 23.9 Å². The van der Waals surface area contributed by atoms with Gasteiger partial charge in [0.25, 0.3) is 0 Å². The van der Waals surface area contributed by atoms with Crippen molar-refractivity contribution in [3.8, 4) is 0 Å². The summed E-state index contributed by atoms with van der Waals surface area (Å²) >= 11 is 0. The smallest absolute Gasteiger partial charge is 0.331 e. The Morgan fingerprint density at radius 3 is 1.27 bits per heavy atom. The van der Waals surface area contributed by atoms with Crippen LogP contribution < -0.4 is 0 Å². The Morgan fingerprint density at radius 1 is 0.654 bits per heavy atom. The van der Waals surface area contributed by atoms with E-state index in [0.717, 1.165) is 24.3 Å². The Balaban J connectivity index is 2.41. The molecule has 0 unspecified atom stereocenters. The molecule has 0 aromatic heterocycles. The fraction of sp³-hybridized carbons (Fsp3) is 0.222. The van der Waals surface area contributed by atoms with E-state index in [2.05, 4.69) is 9.47 Å². The fourth-order valence-electron chi connectivity index (χ4n) is 1.55. The van der Waals surface area contributed by atoms with E-state index in [4.69, 9.17) is 9.47 Å². The lowest BCUT2D eigenvalue weighted by Crippen LogP contribution is -2.04. The predicted octanol–water partition coefficient (Wildman–Crippen LogP) is 1.23. The van der Waals surface area contributed by atoms with Gasteiger partial charge in [-0.2, -0.15) is 0 Å². The van der Waals surface area contributed by atoms with Gasteiger partial charge in [-0.3, -0.25) is 0 Å². The maximum atomic E-state index is 11.4. The van der Waals surface area contributed by atoms with Crippen LogP contribution in [0.4, 0.5) is 0 Å². The quantitative estimate of drug-likeness (QED) is 0.386. The third kappa shape index (κ3) is 8.44. The van der Waals surface area contributed by atoms with Crippen molar-refractivity contribution in [3.63, 3.8) is 0 Å². The lowest BCUT2D eigenvalue weighted by molar-refractivity contribution is -0.140. The maximum Gasteiger partial charge on any atom is 0.331 e. The van der Waals surface area contributed by atoms with Crippen LogP contribution in [0.3, 0.4) is 0 Å². The van der Waals surface area contributed by atoms with Gasteiger partial charge in [-0.15, -0.1) is 0 Å². The third-order valence-electron chi connectivity index (χ3n) is 2.90. The molecule has 0 saturated carbocycles. The molecule has 0 aliphatic carbocycles. The van der Waals surface area contributed by atoms with Gasteiger partial charge in [-0.05, 0) is 11.1 Å². The average molecular weight is 362 g/mol. The number of methoxy groups -OCH3 is 2. The van der Waals surface area contributed by atoms with E-state index in [1.165, 1.54) is 14.2 Å². The Labute approximate surface area is 150 Å². The summed E-state index contributed by atoms with van der Waals surface area (Å²) < 4.78 is 18.6. The van der Waals surface area contributed by atoms with Gasteiger partial charge in [0.2, 0.25) is 0 Å². The second kappa shape index (κ2) is 11.2. The summed E-state index contributed by atoms with van der Waals surface area (Å²) in [6.45, 7) is 0.0402. The molecule has 8 nitrogen and oxygen atoms in total. The molecule has 0 fully saturated rings. The number of esters is 4. The molecule has 0 heterocycles. The molecule has 1 rings (SSSR count). The number of rotatable bonds is 8. The molecule has 0 aliphatic rings. The van der Waals surface area contributed by atoms with E-state index in [-0.39, 0.29) is 13.2 Å². The molecule has 8 heteroatoms. The molecular formula is C18H18O8. The van der Waals surface area contributed by atoms with Gasteiger partial charge >= 0.3 is 23.9 Å². The zero-order valence-electron chi connectivity index (χ0n) is 14.3. The summed E-state index contributed by atoms with van der Waals surface area (Å²) in [5, 5.41) is 0. The predicted molar refractivity (Wildman–Crippen MR) is 88.3 cm³/mol. The van der Waals surface area contributed by atoms with Crippen LogP contribution in [0.25, 0.3) is 0 Å². The van der Waals surface area contributed by atoms with Gasteiger partial charge in [-0.1, -0.05) is 24.3 Å². The van der Waals surface area contributed by atoms with Crippen molar-refractivity contribution >= 4 is 23.9 Å². The normalized spacial score (nSPS) is 10.5. The zero-order valence-corrected chi connectivity index (χ0v) is 14.3. The van der Waals surface area contributed by atoms with E-state index >= 15 is 0 Å². The number of hydrogen-bond donors (Lipinski definition) is 0. The summed E-state index contributed by atoms with van der Waals surface area (Å²) in [5.74, 6) is -2.65. The first-order valence-electron chi connectivity index (χ1n) is 7.38. The van der Waals surface area contributed by atoms with E-state index in [9.17, 15) is 19.2 Å². The maximum absolute atomic E-state index is 11.4. The van der Waals surface area contributed by atoms with Gasteiger partial charge in [0.15, 0.2) is 0 Å². The first kappa shape index (κ1) is 20.6. The lowest BCUT2D eigenvalue weighted by atomic mass is 10.1. The highest BCUT2D eigenvalue weighted by molar-refractivity contribution is 5.92. The van der Waals surface area contributed by atoms with Crippen molar-refractivity contribution in [2.45, 2.75) is 13.2 Å². The second-order valence-electron chi connectivity index (χ2n) is 4.74. The van der Waals surface area contributed by atoms with Crippen LogP contribution in [0, 0.1) is 0 Å². The number of benzene rings is 1. The minimum absolute atomic E-state index is 0.0201. The Morgan fingerprint density at radius 2 is 0.962 bits per heavy atom. The molecule has 0 spiro atoms. The van der Waals surface area contributed by atoms with Crippen LogP contribution in [0.1, 0.15) is 11.1 Å². The summed E-state index contributed by atoms with van der Waals surface area (Å²) in [6.07, 6.45) is 3.88. The van der Waals surface area contributed by atoms with Crippen LogP contribution in [-0.2, 0) is 51.3 Å². The van der Waals surface area contributed by atoms with Crippen molar-refractivity contribution in [3.05, 3.63) is 59.7 Å². The zero-order chi connectivity index (χ0) is 19.4. The molecule has 1 aromatic carbocycles. The van der Waals surface area contributed by atoms with E-state index in [1.54, 1.807) is 24.3 Å². The first-order chi connectivity index (χ1) is 12.4. The first-order valence-corrected chi connectivity index (χ1v) is 7.38. The highest BCUT2D eigenvalue weighted by atomic mass is 16.5. The van der Waals surface area contributed by atoms with Crippen LogP contribution in [0.5, 0.6) is 0 Å². The second-order valence-corrected chi connectivity index (χ2v) is 4.74. The van der Waals surface area contributed by atoms with E-state index in [0.29, 0.717) is 11.1 Å². The Kier molecular flexibility index (Phi) is 8.88. The fourth-order valence-corrected chi connectivity index (χ4v) is 1.55. The van der Waals surface area contributed by atoms with Gasteiger partial charge in [0.05, 0.1) is 14.2 Å². The number of hydrogen-bond acceptors (Lipinski definition) is 8. The van der Waals surface area contributed by atoms with Gasteiger partial charge in [0.1, 0.15) is 13.2 Å². The van der Waals surface area contributed by atoms with Crippen molar-refractivity contribution in [1.29, 1.82) is 0 Å². The molecule has 1 aromatic rings. The van der Waals surface area contributed by atoms with Gasteiger partial charge in [-0.25, -0.2) is 19.2 Å². The molecule has 0 N–H and O–H groups in total. The average Bonchev–Trinajstić information content (AvgIpc) is 2.67. The molecule has 0 radical (unpaired) electrons. The van der Waals surface area contributed by atoms with Crippen LogP contribution >= 0.6 is 0 Å². The van der Waals surface area contributed by atoms with Crippen molar-refractivity contribution in [2.75, 3.05) is 14.2 Å². The standard InChI is InChI=1S/C18H18O8/c1-23-15(19)7-9-17(21)25-11-13-3-5-14(6-4-13)12-26-18(22)10-8-16(20)24-2/h3-10H,11-12H2,1-2H3/b9-7+,10-8+.